The van der Waals surface area contributed by atoms with E-state index in [-0.39, 0.29) is 9.79 Å². The van der Waals surface area contributed by atoms with Gasteiger partial charge in [0.15, 0.2) is 0 Å². The van der Waals surface area contributed by atoms with Crippen LogP contribution in [0, 0.1) is 11.8 Å². The SMILES string of the molecule is CC1CC(C)CN(S(=O)(=O)c2ccc(C(=O)Nc3ccc(S(=O)(=O)N(C)C)cc3)cc2)C1. The minimum absolute atomic E-state index is 0.122. The van der Waals surface area contributed by atoms with Crippen molar-refractivity contribution in [3.63, 3.8) is 0 Å². The van der Waals surface area contributed by atoms with Gasteiger partial charge in [-0.25, -0.2) is 21.1 Å². The molecular weight excluding hydrogens is 450 g/mol. The fraction of sp³-hybridized carbons (Fsp3) is 0.409. The van der Waals surface area contributed by atoms with Crippen LogP contribution < -0.4 is 5.32 Å². The van der Waals surface area contributed by atoms with Gasteiger partial charge in [0.2, 0.25) is 20.0 Å². The van der Waals surface area contributed by atoms with Crippen LogP contribution in [0.3, 0.4) is 0 Å². The Hall–Kier alpha value is -2.27. The van der Waals surface area contributed by atoms with Crippen molar-refractivity contribution in [2.75, 3.05) is 32.5 Å². The number of sulfonamides is 2. The Morgan fingerprint density at radius 2 is 1.38 bits per heavy atom. The minimum Gasteiger partial charge on any atom is -0.322 e. The normalized spacial score (nSPS) is 20.3. The first-order chi connectivity index (χ1) is 14.9. The van der Waals surface area contributed by atoms with Crippen molar-refractivity contribution in [1.29, 1.82) is 0 Å². The van der Waals surface area contributed by atoms with Gasteiger partial charge in [0.1, 0.15) is 0 Å². The molecule has 0 aromatic heterocycles. The standard InChI is InChI=1S/C22H29N3O5S2/c1-16-13-17(2)15-25(14-16)32(29,30)21-9-5-18(6-10-21)22(26)23-19-7-11-20(12-8-19)31(27,28)24(3)4/h5-12,16-17H,13-15H2,1-4H3,(H,23,26). The zero-order chi connectivity index (χ0) is 23.7. The van der Waals surface area contributed by atoms with Crippen LogP contribution in [-0.4, -0.2) is 58.5 Å². The van der Waals surface area contributed by atoms with E-state index in [0.29, 0.717) is 36.2 Å². The average molecular weight is 480 g/mol. The highest BCUT2D eigenvalue weighted by atomic mass is 32.2. The molecule has 0 radical (unpaired) electrons. The first-order valence-electron chi connectivity index (χ1n) is 10.4. The van der Waals surface area contributed by atoms with Crippen molar-refractivity contribution >= 4 is 31.6 Å². The van der Waals surface area contributed by atoms with Crippen LogP contribution in [0.15, 0.2) is 58.3 Å². The Morgan fingerprint density at radius 1 is 0.875 bits per heavy atom. The van der Waals surface area contributed by atoms with E-state index in [2.05, 4.69) is 5.32 Å². The molecule has 1 aliphatic heterocycles. The van der Waals surface area contributed by atoms with E-state index in [0.717, 1.165) is 10.7 Å². The quantitative estimate of drug-likeness (QED) is 0.686. The number of amides is 1. The summed E-state index contributed by atoms with van der Waals surface area (Å²) in [6.07, 6.45) is 1.01. The maximum Gasteiger partial charge on any atom is 0.255 e. The summed E-state index contributed by atoms with van der Waals surface area (Å²) < 4.78 is 52.9. The number of nitrogens with one attached hydrogen (secondary N) is 1. The number of hydrogen-bond acceptors (Lipinski definition) is 5. The monoisotopic (exact) mass is 479 g/mol. The summed E-state index contributed by atoms with van der Waals surface area (Å²) in [6, 6.07) is 11.7. The summed E-state index contributed by atoms with van der Waals surface area (Å²) in [4.78, 5) is 12.8. The molecule has 1 aliphatic rings. The highest BCUT2D eigenvalue weighted by Crippen LogP contribution is 2.27. The molecule has 0 saturated carbocycles. The van der Waals surface area contributed by atoms with Gasteiger partial charge in [-0.2, -0.15) is 4.31 Å². The molecule has 8 nitrogen and oxygen atoms in total. The molecule has 32 heavy (non-hydrogen) atoms. The van der Waals surface area contributed by atoms with Crippen LogP contribution in [0.25, 0.3) is 0 Å². The van der Waals surface area contributed by atoms with Crippen molar-refractivity contribution in [1.82, 2.24) is 8.61 Å². The summed E-state index contributed by atoms with van der Waals surface area (Å²) in [5, 5.41) is 2.69. The van der Waals surface area contributed by atoms with Crippen molar-refractivity contribution in [3.05, 3.63) is 54.1 Å². The van der Waals surface area contributed by atoms with E-state index >= 15 is 0 Å². The molecule has 1 saturated heterocycles. The van der Waals surface area contributed by atoms with Gasteiger partial charge in [-0.05, 0) is 66.8 Å². The lowest BCUT2D eigenvalue weighted by molar-refractivity contribution is 0.102. The van der Waals surface area contributed by atoms with Crippen LogP contribution >= 0.6 is 0 Å². The first-order valence-corrected chi connectivity index (χ1v) is 13.2. The third kappa shape index (κ3) is 5.20. The molecule has 174 valence electrons. The Kier molecular flexibility index (Phi) is 7.09. The summed E-state index contributed by atoms with van der Waals surface area (Å²) in [5.41, 5.74) is 0.731. The largest absolute Gasteiger partial charge is 0.322 e. The average Bonchev–Trinajstić information content (AvgIpc) is 2.73. The van der Waals surface area contributed by atoms with Gasteiger partial charge in [0, 0.05) is 38.4 Å². The Balaban J connectivity index is 1.71. The summed E-state index contributed by atoms with van der Waals surface area (Å²) in [5.74, 6) is 0.188. The lowest BCUT2D eigenvalue weighted by atomic mass is 9.94. The second-order valence-electron chi connectivity index (χ2n) is 8.56. The van der Waals surface area contributed by atoms with Gasteiger partial charge in [0.05, 0.1) is 9.79 Å². The van der Waals surface area contributed by atoms with Gasteiger partial charge in [-0.3, -0.25) is 4.79 Å². The molecule has 1 heterocycles. The number of nitrogens with zero attached hydrogens (tertiary/aromatic N) is 2. The Morgan fingerprint density at radius 3 is 1.88 bits per heavy atom. The van der Waals surface area contributed by atoms with Gasteiger partial charge in [0.25, 0.3) is 5.91 Å². The lowest BCUT2D eigenvalue weighted by Crippen LogP contribution is -2.42. The number of hydrogen-bond donors (Lipinski definition) is 1. The van der Waals surface area contributed by atoms with Crippen molar-refractivity contribution in [2.45, 2.75) is 30.1 Å². The van der Waals surface area contributed by atoms with E-state index in [1.807, 2.05) is 13.8 Å². The molecule has 1 fully saturated rings. The number of carbonyl (C=O) groups is 1. The maximum atomic E-state index is 13.0. The zero-order valence-corrected chi connectivity index (χ0v) is 20.3. The Bertz CT molecular complexity index is 1170. The molecule has 0 bridgehead atoms. The van der Waals surface area contributed by atoms with Gasteiger partial charge >= 0.3 is 0 Å². The van der Waals surface area contributed by atoms with E-state index in [1.165, 1.54) is 66.9 Å². The number of carbonyl (C=O) groups excluding carboxylic acids is 1. The molecule has 10 heteroatoms. The second-order valence-corrected chi connectivity index (χ2v) is 12.6. The van der Waals surface area contributed by atoms with Crippen LogP contribution in [0.2, 0.25) is 0 Å². The van der Waals surface area contributed by atoms with Crippen LogP contribution in [0.4, 0.5) is 5.69 Å². The molecule has 1 amide bonds. The molecule has 2 aromatic rings. The van der Waals surface area contributed by atoms with Gasteiger partial charge in [-0.15, -0.1) is 0 Å². The van der Waals surface area contributed by atoms with E-state index in [4.69, 9.17) is 0 Å². The fourth-order valence-electron chi connectivity index (χ4n) is 3.85. The predicted octanol–water partition coefficient (Wildman–Crippen LogP) is 2.86. The van der Waals surface area contributed by atoms with Gasteiger partial charge in [-0.1, -0.05) is 13.8 Å². The summed E-state index contributed by atoms with van der Waals surface area (Å²) in [7, 11) is -4.27. The highest BCUT2D eigenvalue weighted by molar-refractivity contribution is 7.89. The van der Waals surface area contributed by atoms with Crippen LogP contribution in [0.5, 0.6) is 0 Å². The molecule has 1 N–H and O–H groups in total. The fourth-order valence-corrected chi connectivity index (χ4v) is 6.43. The Labute approximate surface area is 190 Å². The molecule has 3 rings (SSSR count). The van der Waals surface area contributed by atoms with Crippen LogP contribution in [-0.2, 0) is 20.0 Å². The number of anilines is 1. The third-order valence-corrected chi connectivity index (χ3v) is 9.16. The third-order valence-electron chi connectivity index (χ3n) is 5.48. The zero-order valence-electron chi connectivity index (χ0n) is 18.6. The maximum absolute atomic E-state index is 13.0. The summed E-state index contributed by atoms with van der Waals surface area (Å²) in [6.45, 7) is 5.09. The van der Waals surface area contributed by atoms with E-state index in [1.54, 1.807) is 0 Å². The number of piperidine rings is 1. The van der Waals surface area contributed by atoms with Crippen molar-refractivity contribution in [3.8, 4) is 0 Å². The lowest BCUT2D eigenvalue weighted by Gasteiger charge is -2.34. The number of benzene rings is 2. The number of rotatable bonds is 6. The molecular formula is C22H29N3O5S2. The van der Waals surface area contributed by atoms with Crippen molar-refractivity contribution < 1.29 is 21.6 Å². The minimum atomic E-state index is -3.61. The second kappa shape index (κ2) is 9.30. The van der Waals surface area contributed by atoms with E-state index < -0.39 is 26.0 Å². The molecule has 2 aromatic carbocycles. The molecule has 2 atom stereocenters. The van der Waals surface area contributed by atoms with Crippen LogP contribution in [0.1, 0.15) is 30.6 Å². The van der Waals surface area contributed by atoms with Crippen molar-refractivity contribution in [2.24, 2.45) is 11.8 Å². The molecule has 2 unspecified atom stereocenters. The first kappa shape index (κ1) is 24.4. The predicted molar refractivity (Wildman–Crippen MR) is 123 cm³/mol. The molecule has 0 aliphatic carbocycles. The van der Waals surface area contributed by atoms with Gasteiger partial charge < -0.3 is 5.32 Å². The smallest absolute Gasteiger partial charge is 0.255 e. The molecule has 0 spiro atoms. The summed E-state index contributed by atoms with van der Waals surface area (Å²) >= 11 is 0. The topological polar surface area (TPSA) is 104 Å². The van der Waals surface area contributed by atoms with E-state index in [9.17, 15) is 21.6 Å². The highest BCUT2D eigenvalue weighted by Gasteiger charge is 2.31.